The highest BCUT2D eigenvalue weighted by atomic mass is 79.9. The molecule has 12 heteroatoms. The molecule has 0 aliphatic heterocycles. The highest BCUT2D eigenvalue weighted by Gasteiger charge is 2.14. The van der Waals surface area contributed by atoms with Crippen molar-refractivity contribution in [2.24, 2.45) is 5.10 Å². The molecular weight excluding hydrogens is 652 g/mol. The highest BCUT2D eigenvalue weighted by Crippen LogP contribution is 2.33. The van der Waals surface area contributed by atoms with E-state index in [4.69, 9.17) is 25.5 Å². The van der Waals surface area contributed by atoms with E-state index in [1.165, 1.54) is 24.4 Å². The number of hydrazone groups is 1. The van der Waals surface area contributed by atoms with E-state index in [9.17, 15) is 14.9 Å². The zero-order valence-corrected chi connectivity index (χ0v) is 26.0. The minimum absolute atomic E-state index is 0.0363. The van der Waals surface area contributed by atoms with Crippen LogP contribution >= 0.6 is 27.5 Å². The standard InChI is InChI=1S/C32H26BrClN4O6/c1-20-6-7-21(2)37(20)25-8-10-27(11-9-25)42-19-28-12-13-30(44-28)32(39)36-35-17-23-15-24(34)16-29(33)31(23)43-18-22-4-3-5-26(14-22)38(40)41/h3-17H,18-19H2,1-2H3,(H,36,39)/b35-17+. The van der Waals surface area contributed by atoms with Crippen LogP contribution in [0, 0.1) is 24.0 Å². The van der Waals surface area contributed by atoms with Crippen molar-refractivity contribution >= 4 is 45.3 Å². The molecule has 0 aliphatic carbocycles. The van der Waals surface area contributed by atoms with Crippen molar-refractivity contribution in [3.8, 4) is 17.2 Å². The van der Waals surface area contributed by atoms with E-state index in [1.54, 1.807) is 30.3 Å². The summed E-state index contributed by atoms with van der Waals surface area (Å²) in [6, 6.07) is 24.5. The molecule has 3 aromatic carbocycles. The average Bonchev–Trinajstić information content (AvgIpc) is 3.62. The number of aryl methyl sites for hydroxylation is 2. The Balaban J connectivity index is 1.18. The van der Waals surface area contributed by atoms with Gasteiger partial charge >= 0.3 is 5.91 Å². The first-order valence-corrected chi connectivity index (χ1v) is 14.5. The molecule has 44 heavy (non-hydrogen) atoms. The van der Waals surface area contributed by atoms with Crippen molar-refractivity contribution in [1.82, 2.24) is 9.99 Å². The minimum Gasteiger partial charge on any atom is -0.487 e. The summed E-state index contributed by atoms with van der Waals surface area (Å²) in [6.07, 6.45) is 1.38. The molecule has 0 saturated heterocycles. The number of rotatable bonds is 11. The molecule has 2 aromatic heterocycles. The van der Waals surface area contributed by atoms with Gasteiger partial charge in [0.1, 0.15) is 30.5 Å². The van der Waals surface area contributed by atoms with E-state index < -0.39 is 10.8 Å². The lowest BCUT2D eigenvalue weighted by atomic mass is 10.2. The number of carbonyl (C=O) groups is 1. The van der Waals surface area contributed by atoms with Crippen LogP contribution in [0.2, 0.25) is 5.02 Å². The Morgan fingerprint density at radius 2 is 1.77 bits per heavy atom. The van der Waals surface area contributed by atoms with E-state index in [2.05, 4.69) is 57.0 Å². The van der Waals surface area contributed by atoms with Gasteiger partial charge in [0.25, 0.3) is 5.69 Å². The number of nitrogens with one attached hydrogen (secondary N) is 1. The maximum absolute atomic E-state index is 12.7. The molecule has 0 fully saturated rings. The Morgan fingerprint density at radius 1 is 1.02 bits per heavy atom. The van der Waals surface area contributed by atoms with Crippen LogP contribution in [0.25, 0.3) is 5.69 Å². The summed E-state index contributed by atoms with van der Waals surface area (Å²) in [5, 5.41) is 15.5. The van der Waals surface area contributed by atoms with Gasteiger partial charge in [-0.15, -0.1) is 0 Å². The number of hydrogen-bond donors (Lipinski definition) is 1. The molecule has 0 unspecified atom stereocenters. The number of benzene rings is 3. The van der Waals surface area contributed by atoms with Gasteiger partial charge in [0.05, 0.1) is 15.6 Å². The van der Waals surface area contributed by atoms with Crippen molar-refractivity contribution in [3.63, 3.8) is 0 Å². The number of ether oxygens (including phenoxy) is 2. The van der Waals surface area contributed by atoms with Crippen LogP contribution < -0.4 is 14.9 Å². The topological polar surface area (TPSA) is 121 Å². The van der Waals surface area contributed by atoms with Crippen LogP contribution in [0.4, 0.5) is 5.69 Å². The molecule has 0 atom stereocenters. The van der Waals surface area contributed by atoms with E-state index in [1.807, 2.05) is 24.3 Å². The first kappa shape index (κ1) is 30.6. The Bertz CT molecular complexity index is 1830. The molecule has 1 amide bonds. The van der Waals surface area contributed by atoms with Gasteiger partial charge in [-0.2, -0.15) is 5.10 Å². The van der Waals surface area contributed by atoms with Gasteiger partial charge in [-0.05, 0) is 96.0 Å². The molecule has 0 bridgehead atoms. The van der Waals surface area contributed by atoms with Gasteiger partial charge in [-0.3, -0.25) is 14.9 Å². The fourth-order valence-corrected chi connectivity index (χ4v) is 5.41. The van der Waals surface area contributed by atoms with Crippen LogP contribution in [-0.2, 0) is 13.2 Å². The van der Waals surface area contributed by atoms with E-state index >= 15 is 0 Å². The lowest BCUT2D eigenvalue weighted by Gasteiger charge is -2.12. The lowest BCUT2D eigenvalue weighted by molar-refractivity contribution is -0.384. The number of aromatic nitrogens is 1. The predicted molar refractivity (Wildman–Crippen MR) is 170 cm³/mol. The Labute approximate surface area is 266 Å². The van der Waals surface area contributed by atoms with Crippen LogP contribution in [-0.4, -0.2) is 21.6 Å². The normalized spacial score (nSPS) is 11.1. The number of halogens is 2. The second-order valence-electron chi connectivity index (χ2n) is 9.72. The monoisotopic (exact) mass is 676 g/mol. The molecule has 1 N–H and O–H groups in total. The smallest absolute Gasteiger partial charge is 0.307 e. The maximum Gasteiger partial charge on any atom is 0.307 e. The van der Waals surface area contributed by atoms with Crippen molar-refractivity contribution in [2.75, 3.05) is 0 Å². The van der Waals surface area contributed by atoms with E-state index in [0.29, 0.717) is 37.9 Å². The molecule has 5 rings (SSSR count). The van der Waals surface area contributed by atoms with Crippen LogP contribution in [0.3, 0.4) is 0 Å². The number of nitrogens with zero attached hydrogens (tertiary/aromatic N) is 3. The molecule has 2 heterocycles. The summed E-state index contributed by atoms with van der Waals surface area (Å²) in [5.41, 5.74) is 6.80. The van der Waals surface area contributed by atoms with Gasteiger partial charge in [0.2, 0.25) is 0 Å². The summed E-state index contributed by atoms with van der Waals surface area (Å²) in [5.74, 6) is 1.02. The highest BCUT2D eigenvalue weighted by molar-refractivity contribution is 9.10. The second-order valence-corrected chi connectivity index (χ2v) is 11.0. The molecule has 0 radical (unpaired) electrons. The third-order valence-electron chi connectivity index (χ3n) is 6.54. The Kier molecular flexibility index (Phi) is 9.47. The predicted octanol–water partition coefficient (Wildman–Crippen LogP) is 7.93. The van der Waals surface area contributed by atoms with E-state index in [0.717, 1.165) is 17.1 Å². The summed E-state index contributed by atoms with van der Waals surface area (Å²) in [6.45, 7) is 4.31. The van der Waals surface area contributed by atoms with Crippen LogP contribution in [0.5, 0.6) is 11.5 Å². The molecular formula is C32H26BrClN4O6. The second kappa shape index (κ2) is 13.6. The third-order valence-corrected chi connectivity index (χ3v) is 7.35. The average molecular weight is 678 g/mol. The number of nitro groups is 1. The summed E-state index contributed by atoms with van der Waals surface area (Å²) in [4.78, 5) is 23.3. The van der Waals surface area contributed by atoms with Crippen LogP contribution in [0.15, 0.2) is 98.9 Å². The maximum atomic E-state index is 12.7. The first-order valence-electron chi connectivity index (χ1n) is 13.3. The number of carbonyl (C=O) groups excluding carboxylic acids is 1. The zero-order chi connectivity index (χ0) is 31.2. The molecule has 224 valence electrons. The SMILES string of the molecule is Cc1ccc(C)n1-c1ccc(OCc2ccc(C(=O)N/N=C/c3cc(Cl)cc(Br)c3OCc3cccc([N+](=O)[O-])c3)o2)cc1. The summed E-state index contributed by atoms with van der Waals surface area (Å²) >= 11 is 9.64. The third kappa shape index (κ3) is 7.36. The number of amides is 1. The van der Waals surface area contributed by atoms with Gasteiger partial charge in [-0.1, -0.05) is 23.7 Å². The first-order chi connectivity index (χ1) is 21.2. The van der Waals surface area contributed by atoms with Gasteiger partial charge < -0.3 is 18.5 Å². The number of hydrogen-bond acceptors (Lipinski definition) is 7. The van der Waals surface area contributed by atoms with Crippen molar-refractivity contribution in [1.29, 1.82) is 0 Å². The van der Waals surface area contributed by atoms with Crippen molar-refractivity contribution in [3.05, 3.63) is 139 Å². The molecule has 0 saturated carbocycles. The Hall–Kier alpha value is -4.87. The zero-order valence-electron chi connectivity index (χ0n) is 23.6. The van der Waals surface area contributed by atoms with Crippen molar-refractivity contribution in [2.45, 2.75) is 27.1 Å². The molecule has 10 nitrogen and oxygen atoms in total. The quantitative estimate of drug-likeness (QED) is 0.0861. The molecule has 0 aliphatic rings. The van der Waals surface area contributed by atoms with E-state index in [-0.39, 0.29) is 24.7 Å². The molecule has 0 spiro atoms. The fourth-order valence-electron chi connectivity index (χ4n) is 4.46. The van der Waals surface area contributed by atoms with Crippen molar-refractivity contribution < 1.29 is 23.6 Å². The fraction of sp³-hybridized carbons (Fsp3) is 0.125. The van der Waals surface area contributed by atoms with Gasteiger partial charge in [-0.25, -0.2) is 5.43 Å². The van der Waals surface area contributed by atoms with Gasteiger partial charge in [0.15, 0.2) is 5.76 Å². The summed E-state index contributed by atoms with van der Waals surface area (Å²) in [7, 11) is 0. The minimum atomic E-state index is -0.561. The number of non-ortho nitro benzene ring substituents is 1. The lowest BCUT2D eigenvalue weighted by Crippen LogP contribution is -2.17. The Morgan fingerprint density at radius 3 is 2.50 bits per heavy atom. The molecule has 5 aromatic rings. The van der Waals surface area contributed by atoms with Crippen LogP contribution in [0.1, 0.15) is 38.8 Å². The largest absolute Gasteiger partial charge is 0.487 e. The van der Waals surface area contributed by atoms with Gasteiger partial charge in [0, 0.05) is 39.8 Å². The number of nitro benzene ring substituents is 1. The summed E-state index contributed by atoms with van der Waals surface area (Å²) < 4.78 is 20.1. The number of furan rings is 1.